The van der Waals surface area contributed by atoms with Gasteiger partial charge in [-0.2, -0.15) is 13.2 Å². The standard InChI is InChI=1S/C24H27ClF3N3O3S/c25-21-6-4-18(5-7-21)17-35(33,34)31-10-8-19(9-11-31)23(32)30-14-12-29(13-15-30)22-3-1-2-20(16-22)24(26,27)28/h1-7,16,19H,8-15,17H2. The molecule has 0 aliphatic carbocycles. The highest BCUT2D eigenvalue weighted by Crippen LogP contribution is 2.32. The van der Waals surface area contributed by atoms with E-state index in [-0.39, 0.29) is 30.7 Å². The second kappa shape index (κ2) is 10.4. The number of benzene rings is 2. The summed E-state index contributed by atoms with van der Waals surface area (Å²) in [5.74, 6) is -0.374. The van der Waals surface area contributed by atoms with Crippen molar-refractivity contribution in [2.24, 2.45) is 5.92 Å². The van der Waals surface area contributed by atoms with E-state index in [2.05, 4.69) is 0 Å². The normalized spacial score (nSPS) is 18.6. The van der Waals surface area contributed by atoms with Gasteiger partial charge < -0.3 is 9.80 Å². The number of hydrogen-bond donors (Lipinski definition) is 0. The van der Waals surface area contributed by atoms with Crippen LogP contribution in [0.1, 0.15) is 24.0 Å². The average molecular weight is 530 g/mol. The Balaban J connectivity index is 1.28. The molecule has 0 bridgehead atoms. The molecule has 1 amide bonds. The number of hydrogen-bond acceptors (Lipinski definition) is 4. The molecule has 0 atom stereocenters. The van der Waals surface area contributed by atoms with E-state index in [9.17, 15) is 26.4 Å². The molecule has 0 unspecified atom stereocenters. The van der Waals surface area contributed by atoms with Crippen LogP contribution < -0.4 is 4.90 Å². The SMILES string of the molecule is O=C(C1CCN(S(=O)(=O)Cc2ccc(Cl)cc2)CC1)N1CCN(c2cccc(C(F)(F)F)c2)CC1. The highest BCUT2D eigenvalue weighted by molar-refractivity contribution is 7.88. The molecular weight excluding hydrogens is 503 g/mol. The van der Waals surface area contributed by atoms with E-state index in [0.29, 0.717) is 55.3 Å². The lowest BCUT2D eigenvalue weighted by molar-refractivity contribution is -0.137. The monoisotopic (exact) mass is 529 g/mol. The Bertz CT molecular complexity index is 1140. The van der Waals surface area contributed by atoms with Gasteiger partial charge in [-0.3, -0.25) is 4.79 Å². The number of piperazine rings is 1. The van der Waals surface area contributed by atoms with E-state index in [0.717, 1.165) is 12.1 Å². The lowest BCUT2D eigenvalue weighted by Crippen LogP contribution is -2.52. The number of carbonyl (C=O) groups is 1. The molecule has 0 saturated carbocycles. The first-order valence-corrected chi connectivity index (χ1v) is 13.4. The number of halogens is 4. The minimum Gasteiger partial charge on any atom is -0.368 e. The Hall–Kier alpha value is -2.30. The third-order valence-electron chi connectivity index (χ3n) is 6.59. The molecule has 2 aliphatic heterocycles. The Morgan fingerprint density at radius 2 is 1.57 bits per heavy atom. The van der Waals surface area contributed by atoms with Crippen molar-refractivity contribution in [3.8, 4) is 0 Å². The van der Waals surface area contributed by atoms with E-state index >= 15 is 0 Å². The molecule has 11 heteroatoms. The summed E-state index contributed by atoms with van der Waals surface area (Å²) < 4.78 is 66.1. The topological polar surface area (TPSA) is 60.9 Å². The van der Waals surface area contributed by atoms with Gasteiger partial charge in [0, 0.05) is 55.9 Å². The molecule has 6 nitrogen and oxygen atoms in total. The maximum Gasteiger partial charge on any atom is 0.416 e. The molecule has 2 aliphatic rings. The van der Waals surface area contributed by atoms with Gasteiger partial charge in [-0.05, 0) is 48.7 Å². The van der Waals surface area contributed by atoms with Gasteiger partial charge in [0.15, 0.2) is 0 Å². The Morgan fingerprint density at radius 1 is 0.943 bits per heavy atom. The van der Waals surface area contributed by atoms with Gasteiger partial charge in [0.05, 0.1) is 11.3 Å². The van der Waals surface area contributed by atoms with E-state index in [1.54, 1.807) is 35.2 Å². The highest BCUT2D eigenvalue weighted by atomic mass is 35.5. The smallest absolute Gasteiger partial charge is 0.368 e. The van der Waals surface area contributed by atoms with Crippen LogP contribution in [0.5, 0.6) is 0 Å². The predicted molar refractivity (Wildman–Crippen MR) is 129 cm³/mol. The third-order valence-corrected chi connectivity index (χ3v) is 8.69. The number of alkyl halides is 3. The van der Waals surface area contributed by atoms with Crippen LogP contribution in [0.4, 0.5) is 18.9 Å². The van der Waals surface area contributed by atoms with E-state index in [4.69, 9.17) is 11.6 Å². The summed E-state index contributed by atoms with van der Waals surface area (Å²) in [7, 11) is -3.50. The molecule has 2 fully saturated rings. The zero-order valence-electron chi connectivity index (χ0n) is 19.0. The fraction of sp³-hybridized carbons (Fsp3) is 0.458. The zero-order chi connectivity index (χ0) is 25.2. The zero-order valence-corrected chi connectivity index (χ0v) is 20.6. The fourth-order valence-electron chi connectivity index (χ4n) is 4.59. The summed E-state index contributed by atoms with van der Waals surface area (Å²) in [5.41, 5.74) is 0.462. The molecule has 0 spiro atoms. The second-order valence-electron chi connectivity index (χ2n) is 8.92. The summed E-state index contributed by atoms with van der Waals surface area (Å²) >= 11 is 5.86. The Labute approximate surface area is 208 Å². The number of nitrogens with zero attached hydrogens (tertiary/aromatic N) is 3. The van der Waals surface area contributed by atoms with Crippen LogP contribution in [-0.4, -0.2) is 62.8 Å². The number of amides is 1. The molecule has 190 valence electrons. The maximum atomic E-state index is 13.0. The molecule has 35 heavy (non-hydrogen) atoms. The summed E-state index contributed by atoms with van der Waals surface area (Å²) in [6.07, 6.45) is -3.50. The van der Waals surface area contributed by atoms with Crippen molar-refractivity contribution in [2.45, 2.75) is 24.8 Å². The lowest BCUT2D eigenvalue weighted by Gasteiger charge is -2.39. The van der Waals surface area contributed by atoms with Gasteiger partial charge in [-0.25, -0.2) is 12.7 Å². The first-order valence-electron chi connectivity index (χ1n) is 11.5. The van der Waals surface area contributed by atoms with Crippen LogP contribution in [0.15, 0.2) is 48.5 Å². The molecule has 2 aromatic carbocycles. The minimum absolute atomic E-state index is 0.0107. The van der Waals surface area contributed by atoms with E-state index < -0.39 is 21.8 Å². The van der Waals surface area contributed by atoms with E-state index in [1.807, 2.05) is 4.90 Å². The summed E-state index contributed by atoms with van der Waals surface area (Å²) in [6.45, 7) is 2.31. The van der Waals surface area contributed by atoms with Gasteiger partial charge in [0.1, 0.15) is 0 Å². The van der Waals surface area contributed by atoms with Crippen molar-refractivity contribution in [1.82, 2.24) is 9.21 Å². The number of carbonyl (C=O) groups excluding carboxylic acids is 1. The van der Waals surface area contributed by atoms with Crippen LogP contribution in [0.2, 0.25) is 5.02 Å². The Morgan fingerprint density at radius 3 is 2.17 bits per heavy atom. The van der Waals surface area contributed by atoms with Crippen molar-refractivity contribution in [1.29, 1.82) is 0 Å². The molecule has 2 aromatic rings. The number of anilines is 1. The molecule has 0 aromatic heterocycles. The van der Waals surface area contributed by atoms with Crippen LogP contribution in [0, 0.1) is 5.92 Å². The largest absolute Gasteiger partial charge is 0.416 e. The second-order valence-corrected chi connectivity index (χ2v) is 11.3. The molecular formula is C24H27ClF3N3O3S. The van der Waals surface area contributed by atoms with Crippen molar-refractivity contribution >= 4 is 33.2 Å². The van der Waals surface area contributed by atoms with Crippen molar-refractivity contribution in [3.05, 3.63) is 64.7 Å². The molecule has 0 radical (unpaired) electrons. The van der Waals surface area contributed by atoms with Gasteiger partial charge in [-0.15, -0.1) is 0 Å². The van der Waals surface area contributed by atoms with E-state index in [1.165, 1.54) is 10.4 Å². The summed E-state index contributed by atoms with van der Waals surface area (Å²) in [5, 5.41) is 0.543. The van der Waals surface area contributed by atoms with Crippen molar-refractivity contribution in [2.75, 3.05) is 44.2 Å². The van der Waals surface area contributed by atoms with Crippen LogP contribution in [0.25, 0.3) is 0 Å². The highest BCUT2D eigenvalue weighted by Gasteiger charge is 2.35. The van der Waals surface area contributed by atoms with Gasteiger partial charge in [0.2, 0.25) is 15.9 Å². The lowest BCUT2D eigenvalue weighted by atomic mass is 9.96. The summed E-state index contributed by atoms with van der Waals surface area (Å²) in [6, 6.07) is 11.9. The van der Waals surface area contributed by atoms with Gasteiger partial charge in [-0.1, -0.05) is 29.8 Å². The number of piperidine rings is 1. The maximum absolute atomic E-state index is 13.0. The molecule has 2 heterocycles. The molecule has 0 N–H and O–H groups in total. The number of rotatable bonds is 5. The summed E-state index contributed by atoms with van der Waals surface area (Å²) in [4.78, 5) is 16.6. The first-order chi connectivity index (χ1) is 16.5. The van der Waals surface area contributed by atoms with Crippen molar-refractivity contribution < 1.29 is 26.4 Å². The molecule has 2 saturated heterocycles. The van der Waals surface area contributed by atoms with Crippen molar-refractivity contribution in [3.63, 3.8) is 0 Å². The quantitative estimate of drug-likeness (QED) is 0.581. The first kappa shape index (κ1) is 25.8. The Kier molecular flexibility index (Phi) is 7.63. The van der Waals surface area contributed by atoms with Crippen LogP contribution in [-0.2, 0) is 26.7 Å². The predicted octanol–water partition coefficient (Wildman–Crippen LogP) is 4.25. The number of sulfonamides is 1. The van der Waals surface area contributed by atoms with Gasteiger partial charge >= 0.3 is 6.18 Å². The molecule has 4 rings (SSSR count). The third kappa shape index (κ3) is 6.29. The minimum atomic E-state index is -4.40. The fourth-order valence-corrected chi connectivity index (χ4v) is 6.28. The van der Waals surface area contributed by atoms with Crippen LogP contribution >= 0.6 is 11.6 Å². The van der Waals surface area contributed by atoms with Gasteiger partial charge in [0.25, 0.3) is 0 Å². The average Bonchev–Trinajstić information content (AvgIpc) is 2.85. The van der Waals surface area contributed by atoms with Crippen LogP contribution in [0.3, 0.4) is 0 Å².